The molecule has 2 aromatic carbocycles. The lowest BCUT2D eigenvalue weighted by atomic mass is 9.94. The van der Waals surface area contributed by atoms with Crippen LogP contribution in [0.1, 0.15) is 24.8 Å². The zero-order valence-electron chi connectivity index (χ0n) is 25.6. The number of rotatable bonds is 9. The Balaban J connectivity index is 1.18. The first kappa shape index (κ1) is 30.7. The summed E-state index contributed by atoms with van der Waals surface area (Å²) in [4.78, 5) is 24.9. The summed E-state index contributed by atoms with van der Waals surface area (Å²) in [5, 5.41) is 15.8. The van der Waals surface area contributed by atoms with Gasteiger partial charge in [-0.1, -0.05) is 6.07 Å². The molecule has 1 aliphatic heterocycles. The minimum absolute atomic E-state index is 0.00358. The molecule has 0 bridgehead atoms. The SMILES string of the molecule is CS(=O)(=O)NCc1cc(F)cc(-c2cncc3[nH]c(-c4n[nH]c5ccc(-c6cncc(NC(=O)CC7CCNCC7)c6)cc45)cc23)c1. The number of halogens is 1. The van der Waals surface area contributed by atoms with Gasteiger partial charge in [-0.25, -0.2) is 17.5 Å². The van der Waals surface area contributed by atoms with Gasteiger partial charge in [0.25, 0.3) is 0 Å². The summed E-state index contributed by atoms with van der Waals surface area (Å²) in [7, 11) is -3.44. The maximum atomic E-state index is 14.6. The summed E-state index contributed by atoms with van der Waals surface area (Å²) in [5.41, 5.74) is 7.19. The number of anilines is 1. The van der Waals surface area contributed by atoms with Crippen molar-refractivity contribution in [1.82, 2.24) is 35.2 Å². The van der Waals surface area contributed by atoms with Gasteiger partial charge in [-0.3, -0.25) is 19.9 Å². The lowest BCUT2D eigenvalue weighted by Gasteiger charge is -2.21. The van der Waals surface area contributed by atoms with E-state index in [2.05, 4.69) is 40.5 Å². The number of H-pyrrole nitrogens is 2. The molecule has 0 spiro atoms. The van der Waals surface area contributed by atoms with Gasteiger partial charge in [-0.05, 0) is 91.0 Å². The van der Waals surface area contributed by atoms with Crippen molar-refractivity contribution in [2.75, 3.05) is 24.7 Å². The van der Waals surface area contributed by atoms with Crippen molar-refractivity contribution in [3.63, 3.8) is 0 Å². The van der Waals surface area contributed by atoms with Gasteiger partial charge in [-0.2, -0.15) is 5.10 Å². The van der Waals surface area contributed by atoms with Crippen molar-refractivity contribution in [2.45, 2.75) is 25.8 Å². The number of hydrogen-bond donors (Lipinski definition) is 5. The number of nitrogens with zero attached hydrogens (tertiary/aromatic N) is 3. The molecule has 5 N–H and O–H groups in total. The predicted molar refractivity (Wildman–Crippen MR) is 180 cm³/mol. The fourth-order valence-electron chi connectivity index (χ4n) is 6.16. The lowest BCUT2D eigenvalue weighted by Crippen LogP contribution is -2.30. The molecule has 1 amide bonds. The Morgan fingerprint density at radius 2 is 1.74 bits per heavy atom. The first-order valence-corrected chi connectivity index (χ1v) is 17.2. The van der Waals surface area contributed by atoms with Gasteiger partial charge in [0.15, 0.2) is 0 Å². The summed E-state index contributed by atoms with van der Waals surface area (Å²) < 4.78 is 40.3. The number of sulfonamides is 1. The van der Waals surface area contributed by atoms with E-state index in [0.29, 0.717) is 40.4 Å². The van der Waals surface area contributed by atoms with Crippen molar-refractivity contribution in [3.05, 3.63) is 84.7 Å². The maximum Gasteiger partial charge on any atom is 0.224 e. The molecule has 240 valence electrons. The Morgan fingerprint density at radius 1 is 0.915 bits per heavy atom. The number of hydrogen-bond acceptors (Lipinski definition) is 7. The monoisotopic (exact) mass is 652 g/mol. The molecule has 6 aromatic rings. The highest BCUT2D eigenvalue weighted by molar-refractivity contribution is 7.88. The minimum Gasteiger partial charge on any atom is -0.352 e. The Labute approximate surface area is 270 Å². The zero-order valence-corrected chi connectivity index (χ0v) is 26.4. The van der Waals surface area contributed by atoms with Crippen molar-refractivity contribution in [3.8, 4) is 33.6 Å². The number of carbonyl (C=O) groups excluding carboxylic acids is 1. The first-order valence-electron chi connectivity index (χ1n) is 15.3. The molecule has 47 heavy (non-hydrogen) atoms. The fraction of sp³-hybridized carbons (Fsp3) is 0.235. The van der Waals surface area contributed by atoms with Crippen LogP contribution in [-0.4, -0.2) is 58.8 Å². The number of aromatic amines is 2. The van der Waals surface area contributed by atoms with Gasteiger partial charge >= 0.3 is 0 Å². The molecule has 0 unspecified atom stereocenters. The molecule has 4 aromatic heterocycles. The molecule has 13 heteroatoms. The number of amides is 1. The fourth-order valence-corrected chi connectivity index (χ4v) is 6.59. The molecule has 1 aliphatic rings. The quantitative estimate of drug-likeness (QED) is 0.141. The van der Waals surface area contributed by atoms with Crippen LogP contribution in [0.4, 0.5) is 10.1 Å². The third-order valence-electron chi connectivity index (χ3n) is 8.46. The largest absolute Gasteiger partial charge is 0.352 e. The highest BCUT2D eigenvalue weighted by atomic mass is 32.2. The molecule has 0 atom stereocenters. The van der Waals surface area contributed by atoms with E-state index in [4.69, 9.17) is 0 Å². The molecule has 1 saturated heterocycles. The third-order valence-corrected chi connectivity index (χ3v) is 9.13. The van der Waals surface area contributed by atoms with E-state index in [1.54, 1.807) is 30.9 Å². The van der Waals surface area contributed by atoms with Crippen LogP contribution < -0.4 is 15.4 Å². The van der Waals surface area contributed by atoms with Gasteiger partial charge in [0.2, 0.25) is 15.9 Å². The van der Waals surface area contributed by atoms with Gasteiger partial charge in [0.05, 0.1) is 41.1 Å². The van der Waals surface area contributed by atoms with Crippen LogP contribution in [0.15, 0.2) is 73.3 Å². The zero-order chi connectivity index (χ0) is 32.5. The summed E-state index contributed by atoms with van der Waals surface area (Å²) >= 11 is 0. The lowest BCUT2D eigenvalue weighted by molar-refractivity contribution is -0.117. The highest BCUT2D eigenvalue weighted by Crippen LogP contribution is 2.35. The molecular weight excluding hydrogens is 619 g/mol. The number of benzene rings is 2. The summed E-state index contributed by atoms with van der Waals surface area (Å²) in [6, 6.07) is 14.3. The van der Waals surface area contributed by atoms with Crippen molar-refractivity contribution in [2.24, 2.45) is 5.92 Å². The van der Waals surface area contributed by atoms with Crippen molar-refractivity contribution < 1.29 is 17.6 Å². The summed E-state index contributed by atoms with van der Waals surface area (Å²) in [6.07, 6.45) is 10.4. The molecule has 0 saturated carbocycles. The predicted octanol–water partition coefficient (Wildman–Crippen LogP) is 5.35. The molecule has 0 aliphatic carbocycles. The van der Waals surface area contributed by atoms with Crippen molar-refractivity contribution in [1.29, 1.82) is 0 Å². The van der Waals surface area contributed by atoms with E-state index in [0.717, 1.165) is 70.8 Å². The number of pyridine rings is 2. The molecule has 1 fully saturated rings. The molecule has 0 radical (unpaired) electrons. The number of carbonyl (C=O) groups is 1. The van der Waals surface area contributed by atoms with Crippen LogP contribution in [0.5, 0.6) is 0 Å². The second kappa shape index (κ2) is 12.7. The van der Waals surface area contributed by atoms with Crippen LogP contribution in [0.2, 0.25) is 0 Å². The summed E-state index contributed by atoms with van der Waals surface area (Å²) in [6.45, 7) is 1.87. The van der Waals surface area contributed by atoms with Gasteiger partial charge in [0, 0.05) is 47.3 Å². The van der Waals surface area contributed by atoms with E-state index in [1.807, 2.05) is 30.3 Å². The van der Waals surface area contributed by atoms with Crippen LogP contribution in [0.3, 0.4) is 0 Å². The average molecular weight is 653 g/mol. The van der Waals surface area contributed by atoms with Crippen LogP contribution in [0, 0.1) is 11.7 Å². The number of fused-ring (bicyclic) bond motifs is 2. The van der Waals surface area contributed by atoms with Gasteiger partial charge < -0.3 is 15.6 Å². The number of aromatic nitrogens is 5. The van der Waals surface area contributed by atoms with Crippen LogP contribution >= 0.6 is 0 Å². The smallest absolute Gasteiger partial charge is 0.224 e. The third kappa shape index (κ3) is 6.92. The molecular formula is C34H33FN8O3S. The second-order valence-electron chi connectivity index (χ2n) is 12.0. The van der Waals surface area contributed by atoms with Gasteiger partial charge in [-0.15, -0.1) is 0 Å². The first-order chi connectivity index (χ1) is 22.7. The Kier molecular flexibility index (Phi) is 8.26. The van der Waals surface area contributed by atoms with Crippen LogP contribution in [0.25, 0.3) is 55.4 Å². The molecule has 7 rings (SSSR count). The van der Waals surface area contributed by atoms with E-state index >= 15 is 0 Å². The minimum atomic E-state index is -3.44. The van der Waals surface area contributed by atoms with E-state index in [1.165, 1.54) is 12.1 Å². The van der Waals surface area contributed by atoms with Crippen LogP contribution in [-0.2, 0) is 21.4 Å². The average Bonchev–Trinajstić information content (AvgIpc) is 3.68. The van der Waals surface area contributed by atoms with E-state index in [9.17, 15) is 17.6 Å². The van der Waals surface area contributed by atoms with E-state index < -0.39 is 15.8 Å². The highest BCUT2D eigenvalue weighted by Gasteiger charge is 2.18. The topological polar surface area (TPSA) is 158 Å². The molecule has 11 nitrogen and oxygen atoms in total. The Bertz CT molecular complexity index is 2220. The van der Waals surface area contributed by atoms with Gasteiger partial charge in [0.1, 0.15) is 11.5 Å². The number of piperidine rings is 1. The molecule has 5 heterocycles. The standard InChI is InChI=1S/C34H33FN8O3S/c1-47(45,46)39-15-21-8-23(11-25(35)9-21)29-18-38-19-32-27(29)14-31(41-32)34-28-13-22(2-3-30(28)42-43-34)24-12-26(17-37-16-24)40-33(44)10-20-4-6-36-7-5-20/h2-3,8-9,11-14,16-20,36,39,41H,4-7,10,15H2,1H3,(H,40,44)(H,42,43). The van der Waals surface area contributed by atoms with E-state index in [-0.39, 0.29) is 12.5 Å². The normalized spacial score (nSPS) is 14.2. The Morgan fingerprint density at radius 3 is 2.57 bits per heavy atom. The second-order valence-corrected chi connectivity index (χ2v) is 13.8. The number of nitrogens with one attached hydrogen (secondary N) is 5. The summed E-state index contributed by atoms with van der Waals surface area (Å²) in [5.74, 6) is -0.0937. The van der Waals surface area contributed by atoms with Crippen molar-refractivity contribution >= 4 is 43.4 Å². The Hall–Kier alpha value is -4.98. The maximum absolute atomic E-state index is 14.6.